The van der Waals surface area contributed by atoms with Crippen LogP contribution < -0.4 is 5.32 Å². The van der Waals surface area contributed by atoms with Crippen LogP contribution in [0.4, 0.5) is 4.39 Å². The van der Waals surface area contributed by atoms with E-state index >= 15 is 0 Å². The van der Waals surface area contributed by atoms with Crippen molar-refractivity contribution in [2.45, 2.75) is 31.3 Å². The number of amides is 1. The van der Waals surface area contributed by atoms with Crippen molar-refractivity contribution < 1.29 is 9.18 Å². The van der Waals surface area contributed by atoms with Crippen LogP contribution in [0.15, 0.2) is 22.7 Å². The summed E-state index contributed by atoms with van der Waals surface area (Å²) in [5, 5.41) is 3.34. The molecular formula is C14H17BrClFN2O. The van der Waals surface area contributed by atoms with E-state index in [1.807, 2.05) is 4.90 Å². The van der Waals surface area contributed by atoms with Crippen LogP contribution in [0.3, 0.4) is 0 Å². The zero-order valence-corrected chi connectivity index (χ0v) is 13.3. The van der Waals surface area contributed by atoms with Gasteiger partial charge in [-0.25, -0.2) is 4.39 Å². The van der Waals surface area contributed by atoms with Gasteiger partial charge in [0.15, 0.2) is 0 Å². The second-order valence-corrected chi connectivity index (χ2v) is 6.13. The molecule has 0 aromatic heterocycles. The van der Waals surface area contributed by atoms with Gasteiger partial charge in [0, 0.05) is 23.1 Å². The minimum Gasteiger partial charge on any atom is -0.331 e. The summed E-state index contributed by atoms with van der Waals surface area (Å²) in [5.41, 5.74) is 0.182. The van der Waals surface area contributed by atoms with Gasteiger partial charge in [-0.15, -0.1) is 12.4 Å². The lowest BCUT2D eigenvalue weighted by Gasteiger charge is -2.28. The monoisotopic (exact) mass is 362 g/mol. The van der Waals surface area contributed by atoms with Crippen LogP contribution in [0.5, 0.6) is 0 Å². The van der Waals surface area contributed by atoms with E-state index in [1.165, 1.54) is 6.07 Å². The number of hydrogen-bond donors (Lipinski definition) is 1. The molecule has 20 heavy (non-hydrogen) atoms. The minimum atomic E-state index is -0.448. The molecule has 2 fully saturated rings. The van der Waals surface area contributed by atoms with E-state index in [-0.39, 0.29) is 36.0 Å². The Balaban J connectivity index is 0.00000147. The van der Waals surface area contributed by atoms with Crippen molar-refractivity contribution in [2.75, 3.05) is 13.1 Å². The first-order valence-corrected chi connectivity index (χ1v) is 7.44. The minimum absolute atomic E-state index is 0. The standard InChI is InChI=1S/C14H16BrFN2O.ClH/c15-9-1-4-12(13(16)7-9)14(19)18-10-2-3-11(18)8-17-6-5-10;/h1,4,7,10-11,17H,2-3,5-6,8H2;1H. The molecule has 2 aliphatic heterocycles. The van der Waals surface area contributed by atoms with Gasteiger partial charge >= 0.3 is 0 Å². The lowest BCUT2D eigenvalue weighted by Crippen LogP contribution is -2.42. The Morgan fingerprint density at radius 2 is 2.05 bits per heavy atom. The number of nitrogens with zero attached hydrogens (tertiary/aromatic N) is 1. The van der Waals surface area contributed by atoms with E-state index in [0.29, 0.717) is 4.47 Å². The summed E-state index contributed by atoms with van der Waals surface area (Å²) >= 11 is 3.22. The van der Waals surface area contributed by atoms with Gasteiger partial charge < -0.3 is 10.2 Å². The number of halogens is 3. The fourth-order valence-electron chi connectivity index (χ4n) is 3.12. The van der Waals surface area contributed by atoms with E-state index in [1.54, 1.807) is 12.1 Å². The molecule has 2 heterocycles. The van der Waals surface area contributed by atoms with E-state index in [9.17, 15) is 9.18 Å². The molecule has 0 aliphatic carbocycles. The molecule has 2 unspecified atom stereocenters. The van der Waals surface area contributed by atoms with Gasteiger partial charge in [0.25, 0.3) is 5.91 Å². The van der Waals surface area contributed by atoms with Crippen molar-refractivity contribution in [3.8, 4) is 0 Å². The largest absolute Gasteiger partial charge is 0.331 e. The van der Waals surface area contributed by atoms with Gasteiger partial charge in [-0.3, -0.25) is 4.79 Å². The highest BCUT2D eigenvalue weighted by molar-refractivity contribution is 9.10. The predicted octanol–water partition coefficient (Wildman–Crippen LogP) is 2.98. The molecule has 1 N–H and O–H groups in total. The van der Waals surface area contributed by atoms with Crippen LogP contribution in [0.2, 0.25) is 0 Å². The van der Waals surface area contributed by atoms with Crippen LogP contribution in [0.25, 0.3) is 0 Å². The molecule has 3 rings (SSSR count). The number of rotatable bonds is 1. The second kappa shape index (κ2) is 6.41. The Morgan fingerprint density at radius 1 is 1.30 bits per heavy atom. The van der Waals surface area contributed by atoms with Crippen LogP contribution in [0, 0.1) is 5.82 Å². The quantitative estimate of drug-likeness (QED) is 0.832. The van der Waals surface area contributed by atoms with E-state index < -0.39 is 5.82 Å². The fraction of sp³-hybridized carbons (Fsp3) is 0.500. The van der Waals surface area contributed by atoms with Crippen molar-refractivity contribution in [3.63, 3.8) is 0 Å². The molecule has 2 bridgehead atoms. The SMILES string of the molecule is Cl.O=C(c1ccc(Br)cc1F)N1C2CCNCC1CC2. The van der Waals surface area contributed by atoms with Gasteiger partial charge in [-0.2, -0.15) is 0 Å². The van der Waals surface area contributed by atoms with E-state index in [2.05, 4.69) is 21.2 Å². The first kappa shape index (κ1) is 15.7. The van der Waals surface area contributed by atoms with Crippen molar-refractivity contribution in [1.82, 2.24) is 10.2 Å². The summed E-state index contributed by atoms with van der Waals surface area (Å²) in [4.78, 5) is 14.5. The molecule has 2 aliphatic rings. The maximum Gasteiger partial charge on any atom is 0.257 e. The Morgan fingerprint density at radius 3 is 2.80 bits per heavy atom. The maximum atomic E-state index is 13.9. The molecule has 110 valence electrons. The second-order valence-electron chi connectivity index (χ2n) is 5.21. The Labute approximate surface area is 132 Å². The highest BCUT2D eigenvalue weighted by atomic mass is 79.9. The highest BCUT2D eigenvalue weighted by Gasteiger charge is 2.38. The summed E-state index contributed by atoms with van der Waals surface area (Å²) in [6, 6.07) is 5.11. The first-order chi connectivity index (χ1) is 9.16. The lowest BCUT2D eigenvalue weighted by atomic mass is 10.1. The molecule has 0 radical (unpaired) electrons. The van der Waals surface area contributed by atoms with E-state index in [0.717, 1.165) is 32.4 Å². The number of carbonyl (C=O) groups excluding carboxylic acids is 1. The van der Waals surface area contributed by atoms with Gasteiger partial charge in [0.2, 0.25) is 0 Å². The lowest BCUT2D eigenvalue weighted by molar-refractivity contribution is 0.0675. The van der Waals surface area contributed by atoms with Gasteiger partial charge in [-0.1, -0.05) is 15.9 Å². The molecule has 0 spiro atoms. The Hall–Kier alpha value is -0.650. The summed E-state index contributed by atoms with van der Waals surface area (Å²) in [6.07, 6.45) is 3.01. The maximum absolute atomic E-state index is 13.9. The molecule has 1 aromatic carbocycles. The van der Waals surface area contributed by atoms with Crippen LogP contribution in [-0.4, -0.2) is 36.0 Å². The molecule has 2 saturated heterocycles. The van der Waals surface area contributed by atoms with Crippen molar-refractivity contribution in [2.24, 2.45) is 0 Å². The summed E-state index contributed by atoms with van der Waals surface area (Å²) < 4.78 is 14.6. The van der Waals surface area contributed by atoms with Crippen LogP contribution in [0.1, 0.15) is 29.6 Å². The predicted molar refractivity (Wildman–Crippen MR) is 81.8 cm³/mol. The summed E-state index contributed by atoms with van der Waals surface area (Å²) in [5.74, 6) is -0.614. The number of hydrogen-bond acceptors (Lipinski definition) is 2. The Kier molecular flexibility index (Phi) is 5.04. The first-order valence-electron chi connectivity index (χ1n) is 6.65. The zero-order valence-electron chi connectivity index (χ0n) is 10.9. The van der Waals surface area contributed by atoms with Gasteiger partial charge in [0.1, 0.15) is 5.82 Å². The molecule has 0 saturated carbocycles. The zero-order chi connectivity index (χ0) is 13.4. The van der Waals surface area contributed by atoms with Gasteiger partial charge in [0.05, 0.1) is 5.56 Å². The fourth-order valence-corrected chi connectivity index (χ4v) is 3.45. The molecule has 6 heteroatoms. The third-order valence-electron chi connectivity index (χ3n) is 4.05. The molecule has 3 nitrogen and oxygen atoms in total. The van der Waals surface area contributed by atoms with Crippen molar-refractivity contribution in [3.05, 3.63) is 34.1 Å². The third kappa shape index (κ3) is 2.85. The summed E-state index contributed by atoms with van der Waals surface area (Å²) in [7, 11) is 0. The van der Waals surface area contributed by atoms with E-state index in [4.69, 9.17) is 0 Å². The molecular weight excluding hydrogens is 347 g/mol. The third-order valence-corrected chi connectivity index (χ3v) is 4.54. The molecule has 1 amide bonds. The van der Waals surface area contributed by atoms with Crippen molar-refractivity contribution >= 4 is 34.2 Å². The normalized spacial score (nSPS) is 25.0. The number of benzene rings is 1. The number of carbonyl (C=O) groups is 1. The van der Waals surface area contributed by atoms with Crippen molar-refractivity contribution in [1.29, 1.82) is 0 Å². The smallest absolute Gasteiger partial charge is 0.257 e. The average molecular weight is 364 g/mol. The van der Waals surface area contributed by atoms with Crippen LogP contribution >= 0.6 is 28.3 Å². The topological polar surface area (TPSA) is 32.3 Å². The number of nitrogens with one attached hydrogen (secondary N) is 1. The summed E-state index contributed by atoms with van der Waals surface area (Å²) in [6.45, 7) is 1.76. The molecule has 1 aromatic rings. The van der Waals surface area contributed by atoms with Crippen LogP contribution in [-0.2, 0) is 0 Å². The number of fused-ring (bicyclic) bond motifs is 2. The average Bonchev–Trinajstić information content (AvgIpc) is 2.62. The highest BCUT2D eigenvalue weighted by Crippen LogP contribution is 2.30. The Bertz CT molecular complexity index is 500. The van der Waals surface area contributed by atoms with Gasteiger partial charge in [-0.05, 0) is 44.0 Å². The molecule has 2 atom stereocenters.